The van der Waals surface area contributed by atoms with Crippen LogP contribution in [0.2, 0.25) is 0 Å². The molecule has 4 nitrogen and oxygen atoms in total. The third-order valence-electron chi connectivity index (χ3n) is 2.86. The van der Waals surface area contributed by atoms with Crippen molar-refractivity contribution in [2.24, 2.45) is 7.05 Å². The van der Waals surface area contributed by atoms with Gasteiger partial charge < -0.3 is 9.84 Å². The Kier molecular flexibility index (Phi) is 3.93. The fourth-order valence-corrected chi connectivity index (χ4v) is 2.57. The number of hydrogen-bond acceptors (Lipinski definition) is 4. The molecule has 1 heterocycles. The highest BCUT2D eigenvalue weighted by molar-refractivity contribution is 7.98. The van der Waals surface area contributed by atoms with E-state index in [9.17, 15) is 5.11 Å². The molecule has 0 saturated carbocycles. The zero-order valence-electron chi connectivity index (χ0n) is 10.6. The number of thioether (sulfide) groups is 1. The SMILES string of the molecule is COc1cnn(C)c1C(O)c1ccccc1SC. The fraction of sp³-hybridized carbons (Fsp3) is 0.308. The van der Waals surface area contributed by atoms with E-state index in [0.717, 1.165) is 10.5 Å². The van der Waals surface area contributed by atoms with E-state index in [0.29, 0.717) is 11.4 Å². The molecule has 1 N–H and O–H groups in total. The van der Waals surface area contributed by atoms with Crippen LogP contribution in [0.15, 0.2) is 35.4 Å². The molecule has 0 fully saturated rings. The molecular weight excluding hydrogens is 248 g/mol. The first-order valence-corrected chi connectivity index (χ1v) is 6.78. The maximum Gasteiger partial charge on any atom is 0.162 e. The van der Waals surface area contributed by atoms with E-state index in [1.54, 1.807) is 36.8 Å². The molecule has 96 valence electrons. The number of methoxy groups -OCH3 is 1. The molecule has 0 saturated heterocycles. The summed E-state index contributed by atoms with van der Waals surface area (Å²) in [4.78, 5) is 1.05. The van der Waals surface area contributed by atoms with Crippen molar-refractivity contribution in [3.63, 3.8) is 0 Å². The molecule has 0 aliphatic carbocycles. The highest BCUT2D eigenvalue weighted by Crippen LogP contribution is 2.33. The van der Waals surface area contributed by atoms with Crippen molar-refractivity contribution in [1.82, 2.24) is 9.78 Å². The van der Waals surface area contributed by atoms with Crippen molar-refractivity contribution in [2.45, 2.75) is 11.0 Å². The van der Waals surface area contributed by atoms with Crippen molar-refractivity contribution in [1.29, 1.82) is 0 Å². The molecule has 0 amide bonds. The first-order valence-electron chi connectivity index (χ1n) is 5.56. The number of benzene rings is 1. The molecule has 0 spiro atoms. The van der Waals surface area contributed by atoms with Gasteiger partial charge in [-0.3, -0.25) is 4.68 Å². The molecule has 0 bridgehead atoms. The van der Waals surface area contributed by atoms with Gasteiger partial charge in [0.2, 0.25) is 0 Å². The van der Waals surface area contributed by atoms with E-state index in [2.05, 4.69) is 5.10 Å². The molecule has 0 radical (unpaired) electrons. The smallest absolute Gasteiger partial charge is 0.162 e. The lowest BCUT2D eigenvalue weighted by molar-refractivity contribution is 0.201. The highest BCUT2D eigenvalue weighted by Gasteiger charge is 2.21. The Balaban J connectivity index is 2.47. The highest BCUT2D eigenvalue weighted by atomic mass is 32.2. The van der Waals surface area contributed by atoms with Gasteiger partial charge in [-0.05, 0) is 12.3 Å². The average molecular weight is 264 g/mol. The second-order valence-corrected chi connectivity index (χ2v) is 4.71. The van der Waals surface area contributed by atoms with Crippen LogP contribution >= 0.6 is 11.8 Å². The lowest BCUT2D eigenvalue weighted by atomic mass is 10.1. The van der Waals surface area contributed by atoms with Gasteiger partial charge in [-0.15, -0.1) is 11.8 Å². The van der Waals surface area contributed by atoms with Crippen LogP contribution in [0, 0.1) is 0 Å². The molecule has 2 rings (SSSR count). The van der Waals surface area contributed by atoms with Crippen molar-refractivity contribution in [2.75, 3.05) is 13.4 Å². The topological polar surface area (TPSA) is 47.3 Å². The molecule has 18 heavy (non-hydrogen) atoms. The van der Waals surface area contributed by atoms with Crippen LogP contribution in [0.4, 0.5) is 0 Å². The maximum atomic E-state index is 10.5. The fourth-order valence-electron chi connectivity index (χ4n) is 1.94. The summed E-state index contributed by atoms with van der Waals surface area (Å²) in [5.74, 6) is 0.598. The number of aromatic nitrogens is 2. The molecule has 5 heteroatoms. The predicted molar refractivity (Wildman–Crippen MR) is 72.0 cm³/mol. The van der Waals surface area contributed by atoms with Gasteiger partial charge in [-0.1, -0.05) is 18.2 Å². The van der Waals surface area contributed by atoms with Gasteiger partial charge >= 0.3 is 0 Å². The summed E-state index contributed by atoms with van der Waals surface area (Å²) < 4.78 is 6.87. The summed E-state index contributed by atoms with van der Waals surface area (Å²) in [5.41, 5.74) is 1.53. The summed E-state index contributed by atoms with van der Waals surface area (Å²) in [6.07, 6.45) is 2.86. The molecule has 0 aliphatic rings. The maximum absolute atomic E-state index is 10.5. The van der Waals surface area contributed by atoms with E-state index in [1.807, 2.05) is 30.5 Å². The van der Waals surface area contributed by atoms with E-state index in [1.165, 1.54) is 0 Å². The van der Waals surface area contributed by atoms with Crippen LogP contribution in [-0.4, -0.2) is 28.3 Å². The molecule has 1 unspecified atom stereocenters. The number of aliphatic hydroxyl groups excluding tert-OH is 1. The van der Waals surface area contributed by atoms with Crippen LogP contribution in [0.1, 0.15) is 17.4 Å². The van der Waals surface area contributed by atoms with Crippen molar-refractivity contribution in [3.8, 4) is 5.75 Å². The Morgan fingerprint density at radius 3 is 2.78 bits per heavy atom. The quantitative estimate of drug-likeness (QED) is 0.860. The third kappa shape index (κ3) is 2.23. The van der Waals surface area contributed by atoms with Crippen LogP contribution in [-0.2, 0) is 7.05 Å². The van der Waals surface area contributed by atoms with Crippen LogP contribution in [0.5, 0.6) is 5.75 Å². The largest absolute Gasteiger partial charge is 0.493 e. The molecule has 1 atom stereocenters. The number of ether oxygens (including phenoxy) is 1. The number of rotatable bonds is 4. The number of hydrogen-bond donors (Lipinski definition) is 1. The second-order valence-electron chi connectivity index (χ2n) is 3.87. The minimum atomic E-state index is -0.740. The van der Waals surface area contributed by atoms with Crippen LogP contribution < -0.4 is 4.74 Å². The summed E-state index contributed by atoms with van der Waals surface area (Å²) in [6.45, 7) is 0. The minimum Gasteiger partial charge on any atom is -0.493 e. The zero-order valence-corrected chi connectivity index (χ0v) is 11.4. The Morgan fingerprint density at radius 2 is 2.11 bits per heavy atom. The summed E-state index contributed by atoms with van der Waals surface area (Å²) >= 11 is 1.61. The monoisotopic (exact) mass is 264 g/mol. The van der Waals surface area contributed by atoms with E-state index in [-0.39, 0.29) is 0 Å². The average Bonchev–Trinajstić information content (AvgIpc) is 2.79. The van der Waals surface area contributed by atoms with Crippen LogP contribution in [0.3, 0.4) is 0 Å². The Morgan fingerprint density at radius 1 is 1.39 bits per heavy atom. The van der Waals surface area contributed by atoms with Gasteiger partial charge in [0, 0.05) is 17.5 Å². The summed E-state index contributed by atoms with van der Waals surface area (Å²) in [5, 5.41) is 14.6. The standard InChI is InChI=1S/C13H16N2O2S/c1-15-12(10(17-2)8-14-15)13(16)9-6-4-5-7-11(9)18-3/h4-8,13,16H,1-3H3. The Bertz CT molecular complexity index is 540. The molecule has 1 aromatic heterocycles. The van der Waals surface area contributed by atoms with E-state index < -0.39 is 6.10 Å². The van der Waals surface area contributed by atoms with Gasteiger partial charge in [0.15, 0.2) is 5.75 Å². The van der Waals surface area contributed by atoms with Gasteiger partial charge in [0.25, 0.3) is 0 Å². The first-order chi connectivity index (χ1) is 8.69. The molecule has 0 aliphatic heterocycles. The lowest BCUT2D eigenvalue weighted by Crippen LogP contribution is -2.09. The molecule has 1 aromatic carbocycles. The van der Waals surface area contributed by atoms with Gasteiger partial charge in [-0.2, -0.15) is 5.10 Å². The minimum absolute atomic E-state index is 0.598. The van der Waals surface area contributed by atoms with Gasteiger partial charge in [-0.25, -0.2) is 0 Å². The molecule has 2 aromatic rings. The van der Waals surface area contributed by atoms with E-state index >= 15 is 0 Å². The number of aryl methyl sites for hydroxylation is 1. The predicted octanol–water partition coefficient (Wildman–Crippen LogP) is 2.23. The second kappa shape index (κ2) is 5.46. The van der Waals surface area contributed by atoms with Crippen molar-refractivity contribution < 1.29 is 9.84 Å². The first kappa shape index (κ1) is 13.0. The third-order valence-corrected chi connectivity index (χ3v) is 3.67. The summed E-state index contributed by atoms with van der Waals surface area (Å²) in [6, 6.07) is 7.79. The zero-order chi connectivity index (χ0) is 13.1. The van der Waals surface area contributed by atoms with E-state index in [4.69, 9.17) is 4.74 Å². The van der Waals surface area contributed by atoms with Crippen LogP contribution in [0.25, 0.3) is 0 Å². The molecular formula is C13H16N2O2S. The van der Waals surface area contributed by atoms with Crippen molar-refractivity contribution >= 4 is 11.8 Å². The van der Waals surface area contributed by atoms with Crippen molar-refractivity contribution in [3.05, 3.63) is 41.7 Å². The number of aliphatic hydroxyl groups is 1. The normalized spacial score (nSPS) is 12.4. The Hall–Kier alpha value is -1.46. The lowest BCUT2D eigenvalue weighted by Gasteiger charge is -2.16. The summed E-state index contributed by atoms with van der Waals surface area (Å²) in [7, 11) is 3.37. The number of nitrogens with zero attached hydrogens (tertiary/aromatic N) is 2. The Labute approximate surface area is 111 Å². The van der Waals surface area contributed by atoms with Gasteiger partial charge in [0.05, 0.1) is 13.3 Å². The van der Waals surface area contributed by atoms with Gasteiger partial charge in [0.1, 0.15) is 11.8 Å².